The first-order valence-corrected chi connectivity index (χ1v) is 5.14. The number of ether oxygens (including phenoxy) is 1. The first-order chi connectivity index (χ1) is 8.02. The first kappa shape index (κ1) is 13.2. The molecular weight excluding hydrogens is 225 g/mol. The summed E-state index contributed by atoms with van der Waals surface area (Å²) >= 11 is 0. The monoisotopic (exact) mass is 239 g/mol. The van der Waals surface area contributed by atoms with Crippen molar-refractivity contribution < 1.29 is 18.7 Å². The predicted octanol–water partition coefficient (Wildman–Crippen LogP) is 1.05. The van der Waals surface area contributed by atoms with E-state index in [1.165, 1.54) is 38.3 Å². The Bertz CT molecular complexity index is 403. The van der Waals surface area contributed by atoms with E-state index in [0.29, 0.717) is 5.56 Å². The lowest BCUT2D eigenvalue weighted by Gasteiger charge is -2.11. The summed E-state index contributed by atoms with van der Waals surface area (Å²) in [5.74, 6) is -1.16. The topological polar surface area (TPSA) is 55.4 Å². The van der Waals surface area contributed by atoms with Crippen molar-refractivity contribution in [3.8, 4) is 0 Å². The highest BCUT2D eigenvalue weighted by Crippen LogP contribution is 2.03. The van der Waals surface area contributed by atoms with Crippen molar-refractivity contribution in [3.63, 3.8) is 0 Å². The predicted molar refractivity (Wildman–Crippen MR) is 59.7 cm³/mol. The fraction of sp³-hybridized carbons (Fsp3) is 0.333. The molecule has 0 saturated heterocycles. The van der Waals surface area contributed by atoms with E-state index in [0.717, 1.165) is 0 Å². The number of hydrogen-bond donors (Lipinski definition) is 1. The van der Waals surface area contributed by atoms with Gasteiger partial charge < -0.3 is 10.1 Å². The molecule has 0 aliphatic carbocycles. The third kappa shape index (κ3) is 4.22. The summed E-state index contributed by atoms with van der Waals surface area (Å²) in [7, 11) is 1.25. The van der Waals surface area contributed by atoms with Crippen molar-refractivity contribution in [2.24, 2.45) is 0 Å². The molecule has 0 radical (unpaired) electrons. The zero-order valence-corrected chi connectivity index (χ0v) is 9.70. The second-order valence-electron chi connectivity index (χ2n) is 3.62. The van der Waals surface area contributed by atoms with E-state index < -0.39 is 12.0 Å². The molecule has 0 unspecified atom stereocenters. The summed E-state index contributed by atoms with van der Waals surface area (Å²) in [6.07, 6.45) is 0.0988. The molecule has 1 rings (SSSR count). The number of amides is 1. The number of rotatable bonds is 4. The van der Waals surface area contributed by atoms with Gasteiger partial charge in [-0.25, -0.2) is 9.18 Å². The molecule has 1 N–H and O–H groups in total. The highest BCUT2D eigenvalue weighted by molar-refractivity contribution is 5.85. The van der Waals surface area contributed by atoms with Gasteiger partial charge in [-0.2, -0.15) is 0 Å². The highest BCUT2D eigenvalue weighted by atomic mass is 19.1. The van der Waals surface area contributed by atoms with Crippen LogP contribution in [0.4, 0.5) is 4.39 Å². The van der Waals surface area contributed by atoms with Crippen molar-refractivity contribution >= 4 is 11.9 Å². The fourth-order valence-corrected chi connectivity index (χ4v) is 1.32. The van der Waals surface area contributed by atoms with Gasteiger partial charge in [0.25, 0.3) is 0 Å². The quantitative estimate of drug-likeness (QED) is 0.799. The number of nitrogens with one attached hydrogen (secondary N) is 1. The Kier molecular flexibility index (Phi) is 4.63. The van der Waals surface area contributed by atoms with Crippen molar-refractivity contribution in [2.75, 3.05) is 7.11 Å². The van der Waals surface area contributed by atoms with Crippen LogP contribution in [0.1, 0.15) is 12.5 Å². The van der Waals surface area contributed by atoms with E-state index in [-0.39, 0.29) is 18.1 Å². The summed E-state index contributed by atoms with van der Waals surface area (Å²) in [6, 6.07) is 4.93. The Balaban J connectivity index is 2.50. The lowest BCUT2D eigenvalue weighted by atomic mass is 10.1. The average Bonchev–Trinajstić information content (AvgIpc) is 2.30. The minimum atomic E-state index is -0.687. The Labute approximate surface area is 98.8 Å². The lowest BCUT2D eigenvalue weighted by molar-refractivity contribution is -0.144. The van der Waals surface area contributed by atoms with Gasteiger partial charge in [-0.1, -0.05) is 12.1 Å². The van der Waals surface area contributed by atoms with Gasteiger partial charge in [0.05, 0.1) is 13.5 Å². The molecule has 4 nitrogen and oxygen atoms in total. The minimum Gasteiger partial charge on any atom is -0.467 e. The Morgan fingerprint density at radius 3 is 2.47 bits per heavy atom. The van der Waals surface area contributed by atoms with Crippen LogP contribution in [0.3, 0.4) is 0 Å². The second kappa shape index (κ2) is 5.98. The average molecular weight is 239 g/mol. The molecule has 1 aromatic rings. The third-order valence-corrected chi connectivity index (χ3v) is 2.21. The molecule has 0 bridgehead atoms. The second-order valence-corrected chi connectivity index (χ2v) is 3.62. The number of carbonyl (C=O) groups is 2. The molecule has 1 atom stereocenters. The van der Waals surface area contributed by atoms with Crippen LogP contribution >= 0.6 is 0 Å². The molecule has 5 heteroatoms. The molecule has 0 fully saturated rings. The van der Waals surface area contributed by atoms with Crippen molar-refractivity contribution in [2.45, 2.75) is 19.4 Å². The molecule has 0 aliphatic rings. The zero-order chi connectivity index (χ0) is 12.8. The largest absolute Gasteiger partial charge is 0.467 e. The van der Waals surface area contributed by atoms with Gasteiger partial charge >= 0.3 is 5.97 Å². The summed E-state index contributed by atoms with van der Waals surface area (Å²) < 4.78 is 17.1. The molecule has 17 heavy (non-hydrogen) atoms. The molecular formula is C12H14FNO3. The molecule has 92 valence electrons. The van der Waals surface area contributed by atoms with E-state index in [1.807, 2.05) is 0 Å². The van der Waals surface area contributed by atoms with Gasteiger partial charge in [-0.05, 0) is 24.6 Å². The maximum Gasteiger partial charge on any atom is 0.328 e. The smallest absolute Gasteiger partial charge is 0.328 e. The van der Waals surface area contributed by atoms with Crippen molar-refractivity contribution in [3.05, 3.63) is 35.6 Å². The number of esters is 1. The van der Waals surface area contributed by atoms with Gasteiger partial charge in [-0.15, -0.1) is 0 Å². The lowest BCUT2D eigenvalue weighted by Crippen LogP contribution is -2.39. The highest BCUT2D eigenvalue weighted by Gasteiger charge is 2.15. The Hall–Kier alpha value is -1.91. The summed E-state index contributed by atoms with van der Waals surface area (Å²) in [5.41, 5.74) is 0.681. The maximum atomic E-state index is 12.6. The summed E-state index contributed by atoms with van der Waals surface area (Å²) in [6.45, 7) is 1.54. The van der Waals surface area contributed by atoms with E-state index in [1.54, 1.807) is 0 Å². The number of carbonyl (C=O) groups excluding carboxylic acids is 2. The van der Waals surface area contributed by atoms with Crippen LogP contribution in [0.25, 0.3) is 0 Å². The Morgan fingerprint density at radius 2 is 1.94 bits per heavy atom. The minimum absolute atomic E-state index is 0.0988. The van der Waals surface area contributed by atoms with Crippen LogP contribution in [0.2, 0.25) is 0 Å². The zero-order valence-electron chi connectivity index (χ0n) is 9.70. The van der Waals surface area contributed by atoms with Crippen LogP contribution in [-0.4, -0.2) is 25.0 Å². The third-order valence-electron chi connectivity index (χ3n) is 2.21. The molecule has 0 heterocycles. The van der Waals surface area contributed by atoms with E-state index >= 15 is 0 Å². The van der Waals surface area contributed by atoms with Crippen LogP contribution in [0, 0.1) is 5.82 Å². The summed E-state index contributed by atoms with van der Waals surface area (Å²) in [4.78, 5) is 22.6. The SMILES string of the molecule is COC(=O)[C@H](C)NC(=O)Cc1ccc(F)cc1. The van der Waals surface area contributed by atoms with Crippen molar-refractivity contribution in [1.29, 1.82) is 0 Å². The Morgan fingerprint density at radius 1 is 1.35 bits per heavy atom. The van der Waals surface area contributed by atoms with E-state index in [2.05, 4.69) is 10.1 Å². The van der Waals surface area contributed by atoms with E-state index in [4.69, 9.17) is 0 Å². The van der Waals surface area contributed by atoms with Crippen LogP contribution in [-0.2, 0) is 20.7 Å². The molecule has 0 saturated carbocycles. The molecule has 1 amide bonds. The number of halogens is 1. The van der Waals surface area contributed by atoms with Gasteiger partial charge in [0, 0.05) is 0 Å². The number of methoxy groups -OCH3 is 1. The van der Waals surface area contributed by atoms with Crippen LogP contribution in [0.15, 0.2) is 24.3 Å². The maximum absolute atomic E-state index is 12.6. The normalized spacial score (nSPS) is 11.7. The first-order valence-electron chi connectivity index (χ1n) is 5.14. The van der Waals surface area contributed by atoms with E-state index in [9.17, 15) is 14.0 Å². The molecule has 1 aromatic carbocycles. The summed E-state index contributed by atoms with van der Waals surface area (Å²) in [5, 5.41) is 2.49. The van der Waals surface area contributed by atoms with Gasteiger partial charge in [-0.3, -0.25) is 4.79 Å². The van der Waals surface area contributed by atoms with Gasteiger partial charge in [0.15, 0.2) is 0 Å². The number of hydrogen-bond acceptors (Lipinski definition) is 3. The molecule has 0 spiro atoms. The number of benzene rings is 1. The van der Waals surface area contributed by atoms with Gasteiger partial charge in [0.1, 0.15) is 11.9 Å². The van der Waals surface area contributed by atoms with Gasteiger partial charge in [0.2, 0.25) is 5.91 Å². The standard InChI is InChI=1S/C12H14FNO3/c1-8(12(16)17-2)14-11(15)7-9-3-5-10(13)6-4-9/h3-6,8H,7H2,1-2H3,(H,14,15)/t8-/m0/s1. The van der Waals surface area contributed by atoms with Crippen molar-refractivity contribution in [1.82, 2.24) is 5.32 Å². The molecule has 0 aliphatic heterocycles. The molecule has 0 aromatic heterocycles. The van der Waals surface area contributed by atoms with Crippen LogP contribution in [0.5, 0.6) is 0 Å². The van der Waals surface area contributed by atoms with Crippen LogP contribution < -0.4 is 5.32 Å². The fourth-order valence-electron chi connectivity index (χ4n) is 1.32.